The minimum Gasteiger partial charge on any atom is -0.399 e. The first kappa shape index (κ1) is 24.9. The highest BCUT2D eigenvalue weighted by Gasteiger charge is 2.44. The van der Waals surface area contributed by atoms with E-state index < -0.39 is 0 Å². The fourth-order valence-electron chi connectivity index (χ4n) is 4.80. The molecule has 0 aromatic heterocycles. The average Bonchev–Trinajstić information content (AvgIpc) is 3.07. The van der Waals surface area contributed by atoms with Crippen LogP contribution in [0, 0.1) is 0 Å². The summed E-state index contributed by atoms with van der Waals surface area (Å²) in [6.45, 7) is 16.0. The summed E-state index contributed by atoms with van der Waals surface area (Å²) in [5.41, 5.74) is 9.94. The minimum absolute atomic E-state index is 0.199. The summed E-state index contributed by atoms with van der Waals surface area (Å²) in [6, 6.07) is 9.07. The molecule has 1 aromatic rings. The number of carbonyl (C=O) groups is 1. The van der Waals surface area contributed by atoms with Crippen molar-refractivity contribution in [2.45, 2.75) is 64.5 Å². The topological polar surface area (TPSA) is 61.9 Å². The molecule has 1 heterocycles. The third-order valence-electron chi connectivity index (χ3n) is 6.81. The van der Waals surface area contributed by atoms with Crippen LogP contribution in [0.2, 0.25) is 0 Å². The number of hydrogen-bond donors (Lipinski definition) is 1. The van der Waals surface area contributed by atoms with Crippen LogP contribution in [0.4, 0.5) is 0 Å². The van der Waals surface area contributed by atoms with Crippen LogP contribution < -0.4 is 5.73 Å². The highest BCUT2D eigenvalue weighted by molar-refractivity contribution is 5.72. The molecule has 1 aromatic carbocycles. The molecule has 2 unspecified atom stereocenters. The van der Waals surface area contributed by atoms with E-state index in [-0.39, 0.29) is 6.17 Å². The van der Waals surface area contributed by atoms with E-state index in [0.717, 1.165) is 32.6 Å². The number of aliphatic imine (C=N–C) groups is 1. The Morgan fingerprint density at radius 2 is 1.97 bits per heavy atom. The van der Waals surface area contributed by atoms with Gasteiger partial charge in [-0.3, -0.25) is 14.7 Å². The number of likely N-dealkylation sites (tertiary alicyclic amines) is 1. The second kappa shape index (κ2) is 11.8. The second-order valence-corrected chi connectivity index (χ2v) is 8.64. The Balaban J connectivity index is 0.000000423. The summed E-state index contributed by atoms with van der Waals surface area (Å²) in [4.78, 5) is 18.7. The van der Waals surface area contributed by atoms with E-state index in [1.54, 1.807) is 28.3 Å². The lowest BCUT2D eigenvalue weighted by molar-refractivity contribution is -0.117. The van der Waals surface area contributed by atoms with E-state index in [1.807, 2.05) is 19.9 Å². The van der Waals surface area contributed by atoms with E-state index in [1.165, 1.54) is 19.3 Å². The number of piperidine rings is 1. The SMILES string of the molecule is C=C/C(N)=C\C=N/C(C)N1CCC2(CC1)CC(C)c1ccccc12.CCN(C=O)CC. The molecule has 31 heavy (non-hydrogen) atoms. The second-order valence-electron chi connectivity index (χ2n) is 8.64. The Labute approximate surface area is 188 Å². The van der Waals surface area contributed by atoms with Crippen LogP contribution in [0.3, 0.4) is 0 Å². The quantitative estimate of drug-likeness (QED) is 0.399. The number of amides is 1. The van der Waals surface area contributed by atoms with Crippen LogP contribution in [0.1, 0.15) is 64.0 Å². The van der Waals surface area contributed by atoms with Gasteiger partial charge in [-0.25, -0.2) is 0 Å². The third-order valence-corrected chi connectivity index (χ3v) is 6.81. The molecule has 2 atom stereocenters. The summed E-state index contributed by atoms with van der Waals surface area (Å²) in [7, 11) is 0. The van der Waals surface area contributed by atoms with E-state index in [0.29, 0.717) is 17.0 Å². The van der Waals surface area contributed by atoms with Crippen LogP contribution in [-0.2, 0) is 10.2 Å². The highest BCUT2D eigenvalue weighted by atomic mass is 16.1. The normalized spacial score (nSPS) is 21.3. The van der Waals surface area contributed by atoms with Crippen molar-refractivity contribution >= 4 is 12.6 Å². The monoisotopic (exact) mass is 424 g/mol. The average molecular weight is 425 g/mol. The number of carbonyl (C=O) groups excluding carboxylic acids is 1. The van der Waals surface area contributed by atoms with Gasteiger partial charge in [-0.2, -0.15) is 0 Å². The van der Waals surface area contributed by atoms with Crippen LogP contribution in [-0.4, -0.2) is 54.8 Å². The van der Waals surface area contributed by atoms with Crippen molar-refractivity contribution in [3.63, 3.8) is 0 Å². The van der Waals surface area contributed by atoms with Crippen molar-refractivity contribution in [2.75, 3.05) is 26.2 Å². The van der Waals surface area contributed by atoms with Crippen LogP contribution >= 0.6 is 0 Å². The minimum atomic E-state index is 0.199. The standard InChI is InChI=1S/C21H29N3.C5H11NO/c1-4-18(22)9-12-23-17(3)24-13-10-21(11-14-24)15-16(2)19-7-5-6-8-20(19)21;1-3-6(4-2)5-7/h4-9,12,16-17H,1,10-11,13-15,22H2,2-3H3;5H,3-4H2,1-2H3/b18-9+,23-12-;. The molecule has 5 nitrogen and oxygen atoms in total. The Hall–Kier alpha value is -2.40. The Morgan fingerprint density at radius 1 is 1.32 bits per heavy atom. The maximum atomic E-state index is 9.89. The van der Waals surface area contributed by atoms with Crippen molar-refractivity contribution in [1.82, 2.24) is 9.80 Å². The van der Waals surface area contributed by atoms with Gasteiger partial charge in [-0.1, -0.05) is 37.8 Å². The molecule has 1 saturated heterocycles. The fourth-order valence-corrected chi connectivity index (χ4v) is 4.80. The zero-order valence-corrected chi connectivity index (χ0v) is 19.8. The molecule has 2 aliphatic rings. The Bertz CT molecular complexity index is 773. The highest BCUT2D eigenvalue weighted by Crippen LogP contribution is 2.51. The summed E-state index contributed by atoms with van der Waals surface area (Å²) < 4.78 is 0. The molecule has 170 valence electrons. The van der Waals surface area contributed by atoms with Crippen molar-refractivity contribution in [2.24, 2.45) is 10.7 Å². The maximum absolute atomic E-state index is 9.89. The van der Waals surface area contributed by atoms with Crippen molar-refractivity contribution < 1.29 is 4.79 Å². The molecule has 0 saturated carbocycles. The van der Waals surface area contributed by atoms with Crippen LogP contribution in [0.25, 0.3) is 0 Å². The summed E-state index contributed by atoms with van der Waals surface area (Å²) in [5, 5.41) is 0. The van der Waals surface area contributed by atoms with Gasteiger partial charge in [0.15, 0.2) is 0 Å². The molecule has 1 aliphatic carbocycles. The lowest BCUT2D eigenvalue weighted by Crippen LogP contribution is -2.44. The van der Waals surface area contributed by atoms with Gasteiger partial charge in [0, 0.05) is 38.1 Å². The van der Waals surface area contributed by atoms with Gasteiger partial charge in [0.25, 0.3) is 0 Å². The third kappa shape index (κ3) is 6.30. The zero-order valence-electron chi connectivity index (χ0n) is 19.8. The molecular weight excluding hydrogens is 384 g/mol. The Morgan fingerprint density at radius 3 is 2.52 bits per heavy atom. The number of hydrogen-bond acceptors (Lipinski definition) is 4. The summed E-state index contributed by atoms with van der Waals surface area (Å²) >= 11 is 0. The number of nitrogens with two attached hydrogens (primary N) is 1. The Kier molecular flexibility index (Phi) is 9.50. The van der Waals surface area contributed by atoms with Gasteiger partial charge < -0.3 is 10.6 Å². The summed E-state index contributed by atoms with van der Waals surface area (Å²) in [5.74, 6) is 0.690. The largest absolute Gasteiger partial charge is 0.399 e. The molecule has 0 bridgehead atoms. The fraction of sp³-hybridized carbons (Fsp3) is 0.538. The number of fused-ring (bicyclic) bond motifs is 2. The van der Waals surface area contributed by atoms with Gasteiger partial charge in [-0.05, 0) is 74.6 Å². The number of nitrogens with zero attached hydrogens (tertiary/aromatic N) is 3. The molecule has 1 fully saturated rings. The first-order valence-electron chi connectivity index (χ1n) is 11.5. The maximum Gasteiger partial charge on any atom is 0.209 e. The van der Waals surface area contributed by atoms with Gasteiger partial charge in [0.2, 0.25) is 6.41 Å². The predicted octanol–water partition coefficient (Wildman–Crippen LogP) is 4.46. The van der Waals surface area contributed by atoms with Gasteiger partial charge in [-0.15, -0.1) is 0 Å². The van der Waals surface area contributed by atoms with Gasteiger partial charge in [0.05, 0.1) is 6.17 Å². The lowest BCUT2D eigenvalue weighted by Gasteiger charge is -2.41. The van der Waals surface area contributed by atoms with E-state index in [4.69, 9.17) is 5.73 Å². The first-order chi connectivity index (χ1) is 14.9. The number of allylic oxidation sites excluding steroid dienone is 2. The summed E-state index contributed by atoms with van der Waals surface area (Å²) in [6.07, 6.45) is 10.1. The van der Waals surface area contributed by atoms with Crippen LogP contribution in [0.5, 0.6) is 0 Å². The molecule has 5 heteroatoms. The molecule has 3 rings (SSSR count). The number of benzene rings is 1. The molecular formula is C26H40N4O. The lowest BCUT2D eigenvalue weighted by atomic mass is 9.73. The molecule has 1 aliphatic heterocycles. The van der Waals surface area contributed by atoms with Crippen molar-refractivity contribution in [1.29, 1.82) is 0 Å². The van der Waals surface area contributed by atoms with E-state index in [9.17, 15) is 4.79 Å². The molecule has 1 spiro atoms. The van der Waals surface area contributed by atoms with Gasteiger partial charge >= 0.3 is 0 Å². The van der Waals surface area contributed by atoms with Gasteiger partial charge in [0.1, 0.15) is 0 Å². The number of rotatable bonds is 7. The smallest absolute Gasteiger partial charge is 0.209 e. The molecule has 2 N–H and O–H groups in total. The van der Waals surface area contributed by atoms with Crippen LogP contribution in [0.15, 0.2) is 53.7 Å². The van der Waals surface area contributed by atoms with E-state index >= 15 is 0 Å². The first-order valence-corrected chi connectivity index (χ1v) is 11.5. The van der Waals surface area contributed by atoms with E-state index in [2.05, 4.69) is 54.6 Å². The molecule has 0 radical (unpaired) electrons. The van der Waals surface area contributed by atoms with Crippen molar-refractivity contribution in [3.8, 4) is 0 Å². The predicted molar refractivity (Wildman–Crippen MR) is 131 cm³/mol. The molecule has 1 amide bonds. The zero-order chi connectivity index (χ0) is 22.9. The van der Waals surface area contributed by atoms with Crippen molar-refractivity contribution in [3.05, 3.63) is 59.8 Å².